The van der Waals surface area contributed by atoms with Crippen LogP contribution in [0.15, 0.2) is 29.2 Å². The van der Waals surface area contributed by atoms with Crippen molar-refractivity contribution in [3.63, 3.8) is 0 Å². The summed E-state index contributed by atoms with van der Waals surface area (Å²) in [6, 6.07) is 7.95. The molecule has 0 saturated heterocycles. The maximum absolute atomic E-state index is 12.3. The van der Waals surface area contributed by atoms with Crippen molar-refractivity contribution in [1.82, 2.24) is 4.72 Å². The highest BCUT2D eigenvalue weighted by Gasteiger charge is 2.28. The highest BCUT2D eigenvalue weighted by molar-refractivity contribution is 7.89. The first-order valence-electron chi connectivity index (χ1n) is 7.24. The average molecular weight is 307 g/mol. The van der Waals surface area contributed by atoms with Gasteiger partial charge in [0.1, 0.15) is 0 Å². The second-order valence-electron chi connectivity index (χ2n) is 5.74. The van der Waals surface area contributed by atoms with Gasteiger partial charge in [-0.15, -0.1) is 0 Å². The van der Waals surface area contributed by atoms with E-state index in [2.05, 4.69) is 4.72 Å². The van der Waals surface area contributed by atoms with Crippen LogP contribution in [-0.4, -0.2) is 20.5 Å². The summed E-state index contributed by atoms with van der Waals surface area (Å²) in [5, 5.41) is 8.85. The van der Waals surface area contributed by atoms with E-state index in [-0.39, 0.29) is 11.4 Å². The number of hydrogen-bond acceptors (Lipinski definition) is 4. The molecule has 1 aromatic carbocycles. The first-order chi connectivity index (χ1) is 9.95. The highest BCUT2D eigenvalue weighted by Crippen LogP contribution is 2.24. The molecule has 0 heterocycles. The van der Waals surface area contributed by atoms with Crippen molar-refractivity contribution in [2.24, 2.45) is 5.73 Å². The van der Waals surface area contributed by atoms with Gasteiger partial charge < -0.3 is 5.73 Å². The van der Waals surface area contributed by atoms with E-state index in [9.17, 15) is 8.42 Å². The van der Waals surface area contributed by atoms with Crippen molar-refractivity contribution in [1.29, 1.82) is 5.26 Å². The largest absolute Gasteiger partial charge is 0.324 e. The summed E-state index contributed by atoms with van der Waals surface area (Å²) in [6.07, 6.45) is 6.09. The monoisotopic (exact) mass is 307 g/mol. The molecule has 0 bridgehead atoms. The lowest BCUT2D eigenvalue weighted by atomic mass is 9.92. The van der Waals surface area contributed by atoms with Crippen LogP contribution in [0.25, 0.3) is 0 Å². The lowest BCUT2D eigenvalue weighted by molar-refractivity contribution is 0.369. The predicted molar refractivity (Wildman–Crippen MR) is 81.0 cm³/mol. The maximum atomic E-state index is 12.3. The summed E-state index contributed by atoms with van der Waals surface area (Å²) in [4.78, 5) is 0.110. The van der Waals surface area contributed by atoms with Crippen LogP contribution in [0, 0.1) is 11.3 Å². The molecule has 3 N–H and O–H groups in total. The third-order valence-corrected chi connectivity index (χ3v) is 5.39. The maximum Gasteiger partial charge on any atom is 0.240 e. The fraction of sp³-hybridized carbons (Fsp3) is 0.533. The van der Waals surface area contributed by atoms with E-state index in [1.807, 2.05) is 6.07 Å². The summed E-state index contributed by atoms with van der Waals surface area (Å²) in [6.45, 7) is 0.242. The molecule has 0 amide bonds. The number of hydrogen-bond donors (Lipinski definition) is 2. The Labute approximate surface area is 126 Å². The molecule has 21 heavy (non-hydrogen) atoms. The van der Waals surface area contributed by atoms with Gasteiger partial charge in [0, 0.05) is 12.1 Å². The smallest absolute Gasteiger partial charge is 0.240 e. The zero-order chi connectivity index (χ0) is 15.3. The second-order valence-corrected chi connectivity index (χ2v) is 7.51. The average Bonchev–Trinajstić information content (AvgIpc) is 2.71. The lowest BCUT2D eigenvalue weighted by Gasteiger charge is -2.28. The van der Waals surface area contributed by atoms with E-state index < -0.39 is 15.6 Å². The molecule has 0 aliphatic heterocycles. The van der Waals surface area contributed by atoms with Crippen molar-refractivity contribution < 1.29 is 8.42 Å². The molecule has 0 spiro atoms. The van der Waals surface area contributed by atoms with Gasteiger partial charge in [0.05, 0.1) is 16.5 Å². The Kier molecular flexibility index (Phi) is 4.99. The molecule has 0 aromatic heterocycles. The first-order valence-corrected chi connectivity index (χ1v) is 8.72. The van der Waals surface area contributed by atoms with E-state index in [1.54, 1.807) is 12.1 Å². The van der Waals surface area contributed by atoms with Gasteiger partial charge in [-0.25, -0.2) is 13.1 Å². The normalized spacial score (nSPS) is 18.7. The number of nitrogens with two attached hydrogens (primary N) is 1. The molecular weight excluding hydrogens is 286 g/mol. The van der Waals surface area contributed by atoms with Crippen molar-refractivity contribution in [2.75, 3.05) is 6.54 Å². The van der Waals surface area contributed by atoms with E-state index in [0.717, 1.165) is 38.5 Å². The van der Waals surface area contributed by atoms with Gasteiger partial charge in [-0.1, -0.05) is 31.7 Å². The van der Waals surface area contributed by atoms with Gasteiger partial charge in [-0.05, 0) is 31.0 Å². The van der Waals surface area contributed by atoms with E-state index >= 15 is 0 Å². The van der Waals surface area contributed by atoms with Gasteiger partial charge in [-0.2, -0.15) is 5.26 Å². The van der Waals surface area contributed by atoms with Crippen LogP contribution >= 0.6 is 0 Å². The Morgan fingerprint density at radius 3 is 2.52 bits per heavy atom. The fourth-order valence-electron chi connectivity index (χ4n) is 2.66. The Bertz CT molecular complexity index is 627. The van der Waals surface area contributed by atoms with Crippen molar-refractivity contribution in [3.05, 3.63) is 29.8 Å². The number of nitriles is 1. The van der Waals surface area contributed by atoms with Crippen LogP contribution in [0.1, 0.15) is 44.1 Å². The second kappa shape index (κ2) is 6.56. The number of nitrogens with zero attached hydrogens (tertiary/aromatic N) is 1. The summed E-state index contributed by atoms with van der Waals surface area (Å²) in [7, 11) is -3.62. The van der Waals surface area contributed by atoms with Crippen LogP contribution in [-0.2, 0) is 10.0 Å². The molecule has 114 valence electrons. The molecule has 1 aromatic rings. The molecule has 1 aliphatic carbocycles. The van der Waals surface area contributed by atoms with Crippen LogP contribution in [0.5, 0.6) is 0 Å². The van der Waals surface area contributed by atoms with Gasteiger partial charge >= 0.3 is 0 Å². The van der Waals surface area contributed by atoms with Gasteiger partial charge in [-0.3, -0.25) is 0 Å². The predicted octanol–water partition coefficient (Wildman–Crippen LogP) is 1.89. The first kappa shape index (κ1) is 16.0. The molecule has 1 aliphatic rings. The lowest BCUT2D eigenvalue weighted by Crippen LogP contribution is -2.49. The molecule has 1 fully saturated rings. The Morgan fingerprint density at radius 2 is 1.90 bits per heavy atom. The Balaban J connectivity index is 2.08. The molecule has 1 saturated carbocycles. The molecular formula is C15H21N3O2S. The van der Waals surface area contributed by atoms with E-state index in [1.165, 1.54) is 12.1 Å². The molecule has 0 atom stereocenters. The van der Waals surface area contributed by atoms with Crippen LogP contribution in [0.3, 0.4) is 0 Å². The van der Waals surface area contributed by atoms with Crippen LogP contribution in [0.2, 0.25) is 0 Å². The Morgan fingerprint density at radius 1 is 1.24 bits per heavy atom. The summed E-state index contributed by atoms with van der Waals surface area (Å²) in [5.41, 5.74) is 6.19. The summed E-state index contributed by atoms with van der Waals surface area (Å²) in [5.74, 6) is 0. The van der Waals surface area contributed by atoms with Crippen LogP contribution in [0.4, 0.5) is 0 Å². The van der Waals surface area contributed by atoms with Crippen molar-refractivity contribution in [3.8, 4) is 6.07 Å². The minimum absolute atomic E-state index is 0.110. The number of rotatable bonds is 4. The van der Waals surface area contributed by atoms with E-state index in [4.69, 9.17) is 11.0 Å². The van der Waals surface area contributed by atoms with Gasteiger partial charge in [0.25, 0.3) is 0 Å². The minimum Gasteiger partial charge on any atom is -0.324 e. The summed E-state index contributed by atoms with van der Waals surface area (Å²) < 4.78 is 27.2. The fourth-order valence-corrected chi connectivity index (χ4v) is 3.85. The minimum atomic E-state index is -3.62. The van der Waals surface area contributed by atoms with Crippen molar-refractivity contribution >= 4 is 10.0 Å². The zero-order valence-electron chi connectivity index (χ0n) is 12.0. The SMILES string of the molecule is N#Cc1cccc(S(=O)(=O)NCC2(N)CCCCCC2)c1. The zero-order valence-corrected chi connectivity index (χ0v) is 12.8. The standard InChI is InChI=1S/C15H21N3O2S/c16-11-13-6-5-7-14(10-13)21(19,20)18-12-15(17)8-3-1-2-4-9-15/h5-7,10,18H,1-4,8-9,12,17H2. The number of benzene rings is 1. The summed E-state index contributed by atoms with van der Waals surface area (Å²) >= 11 is 0. The molecule has 2 rings (SSSR count). The van der Waals surface area contributed by atoms with Gasteiger partial charge in [0.2, 0.25) is 10.0 Å². The number of nitrogens with one attached hydrogen (secondary N) is 1. The van der Waals surface area contributed by atoms with Gasteiger partial charge in [0.15, 0.2) is 0 Å². The van der Waals surface area contributed by atoms with Crippen LogP contribution < -0.4 is 10.5 Å². The quantitative estimate of drug-likeness (QED) is 0.830. The Hall–Kier alpha value is -1.42. The third kappa shape index (κ3) is 4.27. The third-order valence-electron chi connectivity index (χ3n) is 3.99. The van der Waals surface area contributed by atoms with E-state index in [0.29, 0.717) is 5.56 Å². The molecule has 6 heteroatoms. The van der Waals surface area contributed by atoms with Crippen molar-refractivity contribution in [2.45, 2.75) is 49.0 Å². The topological polar surface area (TPSA) is 96.0 Å². The molecule has 0 radical (unpaired) electrons. The highest BCUT2D eigenvalue weighted by atomic mass is 32.2. The molecule has 0 unspecified atom stereocenters. The number of sulfonamides is 1. The molecule has 5 nitrogen and oxygen atoms in total.